The Morgan fingerprint density at radius 3 is 2.48 bits per heavy atom. The summed E-state index contributed by atoms with van der Waals surface area (Å²) in [6.07, 6.45) is 6.15. The fraction of sp³-hybridized carbons (Fsp3) is 0.688. The third-order valence-electron chi connectivity index (χ3n) is 5.64. The second-order valence-corrected chi connectivity index (χ2v) is 9.03. The number of quaternary nitrogens is 1. The Labute approximate surface area is 137 Å². The summed E-state index contributed by atoms with van der Waals surface area (Å²) in [6, 6.07) is 4.10. The summed E-state index contributed by atoms with van der Waals surface area (Å²) in [5.74, 6) is 1.68. The number of nitrogens with zero attached hydrogens (tertiary/aromatic N) is 1. The van der Waals surface area contributed by atoms with E-state index in [0.717, 1.165) is 24.6 Å². The van der Waals surface area contributed by atoms with E-state index < -0.39 is 10.0 Å². The number of hydrogen-bond acceptors (Lipinski definition) is 3. The van der Waals surface area contributed by atoms with Crippen molar-refractivity contribution in [3.8, 4) is 0 Å². The standard InChI is InChI=1S/C16H24N4O2S/c21-23(22,20-7-1-2-8-20)14-3-4-16(17-11-14)18-15-12-19-9-5-13(15)6-10-19/h3-4,11,13,15H,1-2,5-10,12H2,(H,17,18)/p+2/t15-/m1/s1. The number of anilines is 1. The second-order valence-electron chi connectivity index (χ2n) is 7.09. The Morgan fingerprint density at radius 1 is 1.17 bits per heavy atom. The molecule has 7 heteroatoms. The predicted molar refractivity (Wildman–Crippen MR) is 86.7 cm³/mol. The molecule has 0 saturated carbocycles. The fourth-order valence-corrected chi connectivity index (χ4v) is 5.72. The van der Waals surface area contributed by atoms with Gasteiger partial charge in [0.25, 0.3) is 5.82 Å². The molecule has 3 N–H and O–H groups in total. The lowest BCUT2D eigenvalue weighted by Crippen LogP contribution is -3.16. The SMILES string of the molecule is O=S(=O)(c1ccc(N[C@@H]2C[NH+]3CCC2CC3)[nH+]c1)N1CCCC1. The van der Waals surface area contributed by atoms with Gasteiger partial charge in [-0.15, -0.1) is 0 Å². The summed E-state index contributed by atoms with van der Waals surface area (Å²) in [5, 5.41) is 3.58. The highest BCUT2D eigenvalue weighted by Crippen LogP contribution is 2.22. The number of piperidine rings is 3. The van der Waals surface area contributed by atoms with Crippen molar-refractivity contribution in [2.24, 2.45) is 5.92 Å². The van der Waals surface area contributed by atoms with E-state index in [9.17, 15) is 8.42 Å². The molecule has 6 nitrogen and oxygen atoms in total. The lowest BCUT2D eigenvalue weighted by Gasteiger charge is -2.39. The van der Waals surface area contributed by atoms with Crippen LogP contribution in [0, 0.1) is 5.92 Å². The lowest BCUT2D eigenvalue weighted by molar-refractivity contribution is -0.916. The van der Waals surface area contributed by atoms with Crippen molar-refractivity contribution < 1.29 is 18.3 Å². The van der Waals surface area contributed by atoms with Crippen LogP contribution in [0.25, 0.3) is 0 Å². The van der Waals surface area contributed by atoms with Crippen molar-refractivity contribution in [1.29, 1.82) is 0 Å². The molecule has 2 bridgehead atoms. The van der Waals surface area contributed by atoms with Crippen LogP contribution in [0.4, 0.5) is 5.82 Å². The normalized spacial score (nSPS) is 31.4. The highest BCUT2D eigenvalue weighted by atomic mass is 32.2. The molecule has 4 aliphatic heterocycles. The Kier molecular flexibility index (Phi) is 4.03. The molecular formula is C16H26N4O2S+2. The Bertz CT molecular complexity index is 647. The van der Waals surface area contributed by atoms with Gasteiger partial charge >= 0.3 is 0 Å². The molecule has 0 radical (unpaired) electrons. The maximum absolute atomic E-state index is 12.5. The largest absolute Gasteiger partial charge is 0.331 e. The zero-order chi connectivity index (χ0) is 15.9. The summed E-state index contributed by atoms with van der Waals surface area (Å²) in [6.45, 7) is 5.07. The Morgan fingerprint density at radius 2 is 1.91 bits per heavy atom. The van der Waals surface area contributed by atoms with Crippen LogP contribution in [0.5, 0.6) is 0 Å². The number of aromatic amines is 1. The van der Waals surface area contributed by atoms with E-state index in [1.807, 2.05) is 6.07 Å². The molecule has 4 aliphatic rings. The molecule has 1 atom stereocenters. The first kappa shape index (κ1) is 15.4. The first-order valence-corrected chi connectivity index (χ1v) is 10.2. The number of sulfonamides is 1. The van der Waals surface area contributed by atoms with E-state index in [0.29, 0.717) is 24.0 Å². The number of pyridine rings is 1. The maximum Gasteiger partial charge on any atom is 0.272 e. The molecular weight excluding hydrogens is 312 g/mol. The summed E-state index contributed by atoms with van der Waals surface area (Å²) < 4.78 is 26.6. The first-order chi connectivity index (χ1) is 11.1. The minimum absolute atomic E-state index is 0.365. The topological polar surface area (TPSA) is 68.0 Å². The minimum Gasteiger partial charge on any atom is -0.331 e. The van der Waals surface area contributed by atoms with Gasteiger partial charge in [-0.2, -0.15) is 4.31 Å². The number of aromatic nitrogens is 1. The van der Waals surface area contributed by atoms with Gasteiger partial charge in [-0.25, -0.2) is 13.4 Å². The number of H-pyrrole nitrogens is 1. The van der Waals surface area contributed by atoms with E-state index in [1.54, 1.807) is 21.5 Å². The highest BCUT2D eigenvalue weighted by molar-refractivity contribution is 7.89. The molecule has 0 spiro atoms. The predicted octanol–water partition coefficient (Wildman–Crippen LogP) is -0.626. The lowest BCUT2D eigenvalue weighted by atomic mass is 9.84. The molecule has 0 aromatic carbocycles. The first-order valence-electron chi connectivity index (χ1n) is 8.75. The molecule has 4 saturated heterocycles. The van der Waals surface area contributed by atoms with Gasteiger partial charge in [-0.1, -0.05) is 0 Å². The third kappa shape index (κ3) is 2.97. The number of rotatable bonds is 4. The van der Waals surface area contributed by atoms with Gasteiger partial charge in [-0.05, 0) is 18.9 Å². The quantitative estimate of drug-likeness (QED) is 0.768. The number of hydrogen-bond donors (Lipinski definition) is 2. The highest BCUT2D eigenvalue weighted by Gasteiger charge is 2.40. The molecule has 126 valence electrons. The van der Waals surface area contributed by atoms with Gasteiger partial charge < -0.3 is 4.90 Å². The average molecular weight is 338 g/mol. The molecule has 4 fully saturated rings. The molecule has 0 aliphatic carbocycles. The zero-order valence-corrected chi connectivity index (χ0v) is 14.2. The van der Waals surface area contributed by atoms with Crippen LogP contribution in [0.1, 0.15) is 25.7 Å². The Hall–Kier alpha value is -1.18. The summed E-state index contributed by atoms with van der Waals surface area (Å²) in [5.41, 5.74) is 0. The van der Waals surface area contributed by atoms with Gasteiger partial charge in [0.2, 0.25) is 10.0 Å². The van der Waals surface area contributed by atoms with E-state index in [2.05, 4.69) is 10.3 Å². The summed E-state index contributed by atoms with van der Waals surface area (Å²) >= 11 is 0. The number of fused-ring (bicyclic) bond motifs is 3. The summed E-state index contributed by atoms with van der Waals surface area (Å²) in [7, 11) is -3.33. The van der Waals surface area contributed by atoms with Gasteiger partial charge in [0.1, 0.15) is 23.7 Å². The van der Waals surface area contributed by atoms with Crippen molar-refractivity contribution in [3.63, 3.8) is 0 Å². The van der Waals surface area contributed by atoms with Crippen molar-refractivity contribution in [3.05, 3.63) is 18.3 Å². The summed E-state index contributed by atoms with van der Waals surface area (Å²) in [4.78, 5) is 5.21. The van der Waals surface area contributed by atoms with E-state index in [1.165, 1.54) is 32.5 Å². The van der Waals surface area contributed by atoms with Crippen LogP contribution < -0.4 is 15.2 Å². The fourth-order valence-electron chi connectivity index (χ4n) is 4.24. The van der Waals surface area contributed by atoms with Crippen LogP contribution in [0.15, 0.2) is 23.2 Å². The molecule has 0 amide bonds. The van der Waals surface area contributed by atoms with Crippen molar-refractivity contribution in [2.45, 2.75) is 36.6 Å². The molecule has 5 rings (SSSR count). The smallest absolute Gasteiger partial charge is 0.272 e. The van der Waals surface area contributed by atoms with Crippen LogP contribution >= 0.6 is 0 Å². The molecule has 5 heterocycles. The van der Waals surface area contributed by atoms with Crippen molar-refractivity contribution in [2.75, 3.05) is 38.0 Å². The minimum atomic E-state index is -3.33. The maximum atomic E-state index is 12.5. The van der Waals surface area contributed by atoms with Gasteiger partial charge in [0.05, 0.1) is 13.1 Å². The Balaban J connectivity index is 1.46. The van der Waals surface area contributed by atoms with Crippen molar-refractivity contribution in [1.82, 2.24) is 4.31 Å². The van der Waals surface area contributed by atoms with Crippen molar-refractivity contribution >= 4 is 15.8 Å². The van der Waals surface area contributed by atoms with E-state index in [-0.39, 0.29) is 0 Å². The zero-order valence-electron chi connectivity index (χ0n) is 13.4. The average Bonchev–Trinajstić information content (AvgIpc) is 3.12. The molecule has 0 unspecified atom stereocenters. The van der Waals surface area contributed by atoms with Gasteiger partial charge in [0, 0.05) is 37.9 Å². The van der Waals surface area contributed by atoms with Crippen LogP contribution in [-0.2, 0) is 10.0 Å². The van der Waals surface area contributed by atoms with Crippen LogP contribution in [-0.4, -0.2) is 51.5 Å². The molecule has 1 aromatic rings. The van der Waals surface area contributed by atoms with Gasteiger partial charge in [0.15, 0.2) is 0 Å². The second kappa shape index (κ2) is 6.03. The third-order valence-corrected chi connectivity index (χ3v) is 7.54. The van der Waals surface area contributed by atoms with Crippen LogP contribution in [0.2, 0.25) is 0 Å². The van der Waals surface area contributed by atoms with Crippen LogP contribution in [0.3, 0.4) is 0 Å². The van der Waals surface area contributed by atoms with E-state index >= 15 is 0 Å². The monoisotopic (exact) mass is 338 g/mol. The van der Waals surface area contributed by atoms with Gasteiger partial charge in [-0.3, -0.25) is 5.32 Å². The van der Waals surface area contributed by atoms with E-state index in [4.69, 9.17) is 0 Å². The number of nitrogens with one attached hydrogen (secondary N) is 3. The molecule has 1 aromatic heterocycles. The molecule has 23 heavy (non-hydrogen) atoms.